The normalized spacial score (nSPS) is 10.1. The summed E-state index contributed by atoms with van der Waals surface area (Å²) >= 11 is 5.87. The molecule has 0 fully saturated rings. The van der Waals surface area contributed by atoms with Crippen LogP contribution < -0.4 is 4.74 Å². The quantitative estimate of drug-likeness (QED) is 0.839. The highest BCUT2D eigenvalue weighted by Gasteiger charge is 2.10. The molecule has 2 aromatic carbocycles. The van der Waals surface area contributed by atoms with Gasteiger partial charge in [-0.15, -0.1) is 0 Å². The first-order valence-electron chi connectivity index (χ1n) is 4.62. The minimum absolute atomic E-state index is 0.0122. The number of para-hydroxylation sites is 3. The number of rotatable bonds is 2. The maximum absolute atomic E-state index is 9.55. The molecular weight excluding hydrogens is 228 g/mol. The smallest absolute Gasteiger partial charge is 0.187 e. The molecule has 0 heterocycles. The molecule has 0 atom stereocenters. The van der Waals surface area contributed by atoms with E-state index in [1.54, 1.807) is 30.3 Å². The summed E-state index contributed by atoms with van der Waals surface area (Å²) in [5.41, 5.74) is 0. The third-order valence-electron chi connectivity index (χ3n) is 2.02. The number of halogens is 1. The van der Waals surface area contributed by atoms with Gasteiger partial charge in [-0.05, 0) is 24.3 Å². The lowest BCUT2D eigenvalue weighted by atomic mass is 10.3. The second-order valence-corrected chi connectivity index (χ2v) is 3.57. The van der Waals surface area contributed by atoms with Gasteiger partial charge in [-0.25, -0.2) is 0 Å². The van der Waals surface area contributed by atoms with Crippen molar-refractivity contribution >= 4 is 11.6 Å². The third kappa shape index (κ3) is 2.04. The number of benzene rings is 2. The SMILES string of the molecule is Oc1ccccc1Oc1c(O)cccc1Cl. The van der Waals surface area contributed by atoms with Crippen LogP contribution >= 0.6 is 11.6 Å². The summed E-state index contributed by atoms with van der Waals surface area (Å²) in [6, 6.07) is 11.1. The Morgan fingerprint density at radius 1 is 0.875 bits per heavy atom. The maximum atomic E-state index is 9.55. The maximum Gasteiger partial charge on any atom is 0.187 e. The summed E-state index contributed by atoms with van der Waals surface area (Å²) in [6.07, 6.45) is 0. The standard InChI is InChI=1S/C12H9ClO3/c13-8-4-3-6-10(15)12(8)16-11-7-2-1-5-9(11)14/h1-7,14-15H. The molecule has 16 heavy (non-hydrogen) atoms. The second-order valence-electron chi connectivity index (χ2n) is 3.16. The van der Waals surface area contributed by atoms with Crippen molar-refractivity contribution in [2.75, 3.05) is 0 Å². The summed E-state index contributed by atoms with van der Waals surface area (Å²) in [7, 11) is 0. The van der Waals surface area contributed by atoms with E-state index in [-0.39, 0.29) is 28.0 Å². The number of phenolic OH excluding ortho intramolecular Hbond substituents is 2. The van der Waals surface area contributed by atoms with Gasteiger partial charge in [0.1, 0.15) is 0 Å². The number of aromatic hydroxyl groups is 2. The molecule has 82 valence electrons. The summed E-state index contributed by atoms with van der Waals surface area (Å²) in [4.78, 5) is 0. The largest absolute Gasteiger partial charge is 0.504 e. The van der Waals surface area contributed by atoms with Gasteiger partial charge in [-0.2, -0.15) is 0 Å². The Hall–Kier alpha value is -1.87. The molecule has 0 unspecified atom stereocenters. The molecule has 2 aromatic rings. The molecule has 0 spiro atoms. The van der Waals surface area contributed by atoms with Crippen LogP contribution in [0.2, 0.25) is 5.02 Å². The Morgan fingerprint density at radius 3 is 2.25 bits per heavy atom. The van der Waals surface area contributed by atoms with Crippen molar-refractivity contribution < 1.29 is 14.9 Å². The van der Waals surface area contributed by atoms with E-state index < -0.39 is 0 Å². The van der Waals surface area contributed by atoms with Crippen LogP contribution in [0, 0.1) is 0 Å². The fraction of sp³-hybridized carbons (Fsp3) is 0. The zero-order valence-corrected chi connectivity index (χ0v) is 8.98. The summed E-state index contributed by atoms with van der Waals surface area (Å²) < 4.78 is 5.34. The van der Waals surface area contributed by atoms with Crippen LogP contribution in [-0.2, 0) is 0 Å². The molecular formula is C12H9ClO3. The Morgan fingerprint density at radius 2 is 1.56 bits per heavy atom. The van der Waals surface area contributed by atoms with Crippen LogP contribution in [0.15, 0.2) is 42.5 Å². The van der Waals surface area contributed by atoms with E-state index in [4.69, 9.17) is 16.3 Å². The molecule has 0 bridgehead atoms. The predicted octanol–water partition coefficient (Wildman–Crippen LogP) is 3.54. The van der Waals surface area contributed by atoms with Crippen LogP contribution in [0.1, 0.15) is 0 Å². The Balaban J connectivity index is 2.38. The van der Waals surface area contributed by atoms with E-state index in [0.29, 0.717) is 0 Å². The number of hydrogen-bond acceptors (Lipinski definition) is 3. The highest BCUT2D eigenvalue weighted by atomic mass is 35.5. The van der Waals surface area contributed by atoms with Crippen molar-refractivity contribution in [1.82, 2.24) is 0 Å². The predicted molar refractivity (Wildman–Crippen MR) is 61.3 cm³/mol. The van der Waals surface area contributed by atoms with Crippen molar-refractivity contribution in [3.63, 3.8) is 0 Å². The van der Waals surface area contributed by atoms with E-state index in [1.807, 2.05) is 0 Å². The van der Waals surface area contributed by atoms with Gasteiger partial charge in [-0.3, -0.25) is 0 Å². The van der Waals surface area contributed by atoms with Crippen LogP contribution in [0.25, 0.3) is 0 Å². The van der Waals surface area contributed by atoms with Crippen molar-refractivity contribution in [2.45, 2.75) is 0 Å². The Kier molecular flexibility index (Phi) is 2.88. The Bertz CT molecular complexity index is 491. The van der Waals surface area contributed by atoms with Gasteiger partial charge in [-0.1, -0.05) is 29.8 Å². The van der Waals surface area contributed by atoms with E-state index in [2.05, 4.69) is 0 Å². The van der Waals surface area contributed by atoms with Crippen molar-refractivity contribution in [3.8, 4) is 23.0 Å². The average molecular weight is 237 g/mol. The lowest BCUT2D eigenvalue weighted by Crippen LogP contribution is -1.86. The lowest BCUT2D eigenvalue weighted by Gasteiger charge is -2.09. The van der Waals surface area contributed by atoms with Gasteiger partial charge in [0, 0.05) is 0 Å². The summed E-state index contributed by atoms with van der Waals surface area (Å²) in [6.45, 7) is 0. The summed E-state index contributed by atoms with van der Waals surface area (Å²) in [5, 5.41) is 19.3. The lowest BCUT2D eigenvalue weighted by molar-refractivity contribution is 0.385. The molecule has 0 aliphatic carbocycles. The highest BCUT2D eigenvalue weighted by molar-refractivity contribution is 6.32. The van der Waals surface area contributed by atoms with Gasteiger partial charge in [0.2, 0.25) is 0 Å². The third-order valence-corrected chi connectivity index (χ3v) is 2.32. The highest BCUT2D eigenvalue weighted by Crippen LogP contribution is 2.39. The molecule has 4 heteroatoms. The van der Waals surface area contributed by atoms with E-state index in [9.17, 15) is 10.2 Å². The molecule has 0 aromatic heterocycles. The van der Waals surface area contributed by atoms with Crippen molar-refractivity contribution in [1.29, 1.82) is 0 Å². The molecule has 0 radical (unpaired) electrons. The molecule has 0 aliphatic heterocycles. The molecule has 0 saturated carbocycles. The van der Waals surface area contributed by atoms with Gasteiger partial charge in [0.25, 0.3) is 0 Å². The number of ether oxygens (including phenoxy) is 1. The fourth-order valence-electron chi connectivity index (χ4n) is 1.25. The molecule has 2 N–H and O–H groups in total. The first-order valence-corrected chi connectivity index (χ1v) is 4.99. The average Bonchev–Trinajstić information content (AvgIpc) is 2.26. The van der Waals surface area contributed by atoms with Gasteiger partial charge >= 0.3 is 0 Å². The van der Waals surface area contributed by atoms with Crippen LogP contribution in [0.5, 0.6) is 23.0 Å². The van der Waals surface area contributed by atoms with E-state index in [1.165, 1.54) is 12.1 Å². The van der Waals surface area contributed by atoms with Crippen LogP contribution in [-0.4, -0.2) is 10.2 Å². The second kappa shape index (κ2) is 4.33. The molecule has 2 rings (SSSR count). The van der Waals surface area contributed by atoms with Gasteiger partial charge in [0.05, 0.1) is 5.02 Å². The Labute approximate surface area is 97.5 Å². The number of phenols is 2. The summed E-state index contributed by atoms with van der Waals surface area (Å²) in [5.74, 6) is 0.286. The zero-order chi connectivity index (χ0) is 11.5. The minimum Gasteiger partial charge on any atom is -0.504 e. The zero-order valence-electron chi connectivity index (χ0n) is 8.22. The monoisotopic (exact) mass is 236 g/mol. The van der Waals surface area contributed by atoms with Gasteiger partial charge < -0.3 is 14.9 Å². The molecule has 0 amide bonds. The van der Waals surface area contributed by atoms with Crippen LogP contribution in [0.3, 0.4) is 0 Å². The topological polar surface area (TPSA) is 49.7 Å². The minimum atomic E-state index is -0.0734. The first kappa shape index (κ1) is 10.6. The number of hydrogen-bond donors (Lipinski definition) is 2. The van der Waals surface area contributed by atoms with E-state index in [0.717, 1.165) is 0 Å². The van der Waals surface area contributed by atoms with E-state index >= 15 is 0 Å². The van der Waals surface area contributed by atoms with Gasteiger partial charge in [0.15, 0.2) is 23.0 Å². The molecule has 0 aliphatic rings. The molecule has 0 saturated heterocycles. The van der Waals surface area contributed by atoms with Crippen molar-refractivity contribution in [3.05, 3.63) is 47.5 Å². The first-order chi connectivity index (χ1) is 7.68. The van der Waals surface area contributed by atoms with Crippen molar-refractivity contribution in [2.24, 2.45) is 0 Å². The molecule has 3 nitrogen and oxygen atoms in total. The van der Waals surface area contributed by atoms with Crippen LogP contribution in [0.4, 0.5) is 0 Å². The fourth-order valence-corrected chi connectivity index (χ4v) is 1.46.